The maximum absolute atomic E-state index is 9.21. The van der Waals surface area contributed by atoms with Gasteiger partial charge in [0.2, 0.25) is 0 Å². The molecule has 0 aliphatic carbocycles. The van der Waals surface area contributed by atoms with Gasteiger partial charge in [-0.1, -0.05) is 0 Å². The highest BCUT2D eigenvalue weighted by Crippen LogP contribution is 2.16. The van der Waals surface area contributed by atoms with Crippen LogP contribution in [0.15, 0.2) is 0 Å². The Morgan fingerprint density at radius 2 is 2.40 bits per heavy atom. The molecule has 0 saturated carbocycles. The summed E-state index contributed by atoms with van der Waals surface area (Å²) in [4.78, 5) is 0. The Balaban J connectivity index is 2.32. The number of hydrogen-bond acceptors (Lipinski definition) is 3. The summed E-state index contributed by atoms with van der Waals surface area (Å²) in [5, 5.41) is 11.0. The Bertz CT molecular complexity index is 106. The molecule has 1 heterocycles. The van der Waals surface area contributed by atoms with Crippen LogP contribution in [0.5, 0.6) is 0 Å². The van der Waals surface area contributed by atoms with Gasteiger partial charge in [0, 0.05) is 13.1 Å². The molecule has 0 spiro atoms. The van der Waals surface area contributed by atoms with Crippen molar-refractivity contribution in [3.05, 3.63) is 0 Å². The van der Waals surface area contributed by atoms with E-state index in [-0.39, 0.29) is 6.10 Å². The molecule has 3 heteroatoms. The van der Waals surface area contributed by atoms with Gasteiger partial charge in [-0.3, -0.25) is 5.84 Å². The molecule has 10 heavy (non-hydrogen) atoms. The van der Waals surface area contributed by atoms with Crippen LogP contribution >= 0.6 is 0 Å². The van der Waals surface area contributed by atoms with Crippen molar-refractivity contribution in [1.82, 2.24) is 5.01 Å². The van der Waals surface area contributed by atoms with Crippen LogP contribution in [0.4, 0.5) is 0 Å². The Hall–Kier alpha value is -0.120. The second-order valence-electron chi connectivity index (χ2n) is 3.14. The summed E-state index contributed by atoms with van der Waals surface area (Å²) < 4.78 is 0. The van der Waals surface area contributed by atoms with Gasteiger partial charge in [-0.2, -0.15) is 0 Å². The van der Waals surface area contributed by atoms with Crippen LogP contribution in [0, 0.1) is 5.92 Å². The summed E-state index contributed by atoms with van der Waals surface area (Å²) in [7, 11) is 0. The summed E-state index contributed by atoms with van der Waals surface area (Å²) in [5.41, 5.74) is 0. The minimum Gasteiger partial charge on any atom is -0.393 e. The van der Waals surface area contributed by atoms with Crippen LogP contribution < -0.4 is 5.84 Å². The van der Waals surface area contributed by atoms with Crippen LogP contribution in [0.25, 0.3) is 0 Å². The summed E-state index contributed by atoms with van der Waals surface area (Å²) in [6, 6.07) is 0. The van der Waals surface area contributed by atoms with Gasteiger partial charge in [0.25, 0.3) is 0 Å². The molecule has 0 aromatic heterocycles. The van der Waals surface area contributed by atoms with Gasteiger partial charge in [-0.25, -0.2) is 5.01 Å². The minimum absolute atomic E-state index is 0.202. The topological polar surface area (TPSA) is 49.5 Å². The lowest BCUT2D eigenvalue weighted by Crippen LogP contribution is -2.43. The highest BCUT2D eigenvalue weighted by molar-refractivity contribution is 4.72. The highest BCUT2D eigenvalue weighted by Gasteiger charge is 2.20. The van der Waals surface area contributed by atoms with Crippen LogP contribution in [0.1, 0.15) is 19.8 Å². The Kier molecular flexibility index (Phi) is 2.65. The highest BCUT2D eigenvalue weighted by atomic mass is 16.3. The number of nitrogens with two attached hydrogens (primary N) is 1. The molecule has 1 saturated heterocycles. The predicted octanol–water partition coefficient (Wildman–Crippen LogP) is -0.0471. The lowest BCUT2D eigenvalue weighted by molar-refractivity contribution is 0.0630. The second kappa shape index (κ2) is 3.32. The first-order chi connectivity index (χ1) is 4.70. The first-order valence-electron chi connectivity index (χ1n) is 3.88. The maximum Gasteiger partial charge on any atom is 0.0553 e. The van der Waals surface area contributed by atoms with Crippen molar-refractivity contribution in [2.24, 2.45) is 11.8 Å². The quantitative estimate of drug-likeness (QED) is 0.507. The first kappa shape index (κ1) is 7.98. The molecular weight excluding hydrogens is 128 g/mol. The van der Waals surface area contributed by atoms with E-state index in [0.29, 0.717) is 5.92 Å². The van der Waals surface area contributed by atoms with Crippen LogP contribution in [-0.2, 0) is 0 Å². The largest absolute Gasteiger partial charge is 0.393 e. The standard InChI is InChI=1S/C7H16N2O/c1-6(10)7-3-2-4-9(8)5-7/h6-7,10H,2-5,8H2,1H3/t6-,7+/m1/s1. The Labute approximate surface area is 61.8 Å². The van der Waals surface area contributed by atoms with E-state index in [1.807, 2.05) is 6.92 Å². The van der Waals surface area contributed by atoms with Crippen molar-refractivity contribution < 1.29 is 5.11 Å². The molecule has 0 radical (unpaired) electrons. The number of rotatable bonds is 1. The van der Waals surface area contributed by atoms with Crippen molar-refractivity contribution in [3.63, 3.8) is 0 Å². The molecule has 60 valence electrons. The van der Waals surface area contributed by atoms with Gasteiger partial charge in [-0.15, -0.1) is 0 Å². The van der Waals surface area contributed by atoms with E-state index >= 15 is 0 Å². The molecular formula is C7H16N2O. The number of piperidine rings is 1. The monoisotopic (exact) mass is 144 g/mol. The fourth-order valence-electron chi connectivity index (χ4n) is 1.43. The second-order valence-corrected chi connectivity index (χ2v) is 3.14. The van der Waals surface area contributed by atoms with Gasteiger partial charge >= 0.3 is 0 Å². The smallest absolute Gasteiger partial charge is 0.0553 e. The number of aliphatic hydroxyl groups excluding tert-OH is 1. The van der Waals surface area contributed by atoms with E-state index in [1.54, 1.807) is 5.01 Å². The van der Waals surface area contributed by atoms with Crippen LogP contribution in [0.3, 0.4) is 0 Å². The number of hydrazine groups is 1. The molecule has 0 amide bonds. The first-order valence-corrected chi connectivity index (χ1v) is 3.88. The van der Waals surface area contributed by atoms with E-state index in [0.717, 1.165) is 25.9 Å². The third-order valence-corrected chi connectivity index (χ3v) is 2.17. The molecule has 0 aromatic rings. The van der Waals surface area contributed by atoms with Gasteiger partial charge < -0.3 is 5.11 Å². The normalized spacial score (nSPS) is 32.1. The van der Waals surface area contributed by atoms with E-state index in [4.69, 9.17) is 5.84 Å². The molecule has 1 aliphatic rings. The molecule has 1 rings (SSSR count). The van der Waals surface area contributed by atoms with E-state index in [1.165, 1.54) is 0 Å². The van der Waals surface area contributed by atoms with Crippen molar-refractivity contribution in [1.29, 1.82) is 0 Å². The molecule has 3 N–H and O–H groups in total. The maximum atomic E-state index is 9.21. The number of nitrogens with zero attached hydrogens (tertiary/aromatic N) is 1. The molecule has 3 nitrogen and oxygen atoms in total. The van der Waals surface area contributed by atoms with Crippen molar-refractivity contribution in [3.8, 4) is 0 Å². The van der Waals surface area contributed by atoms with Crippen LogP contribution in [-0.4, -0.2) is 29.3 Å². The Morgan fingerprint density at radius 3 is 2.80 bits per heavy atom. The lowest BCUT2D eigenvalue weighted by Gasteiger charge is -2.30. The van der Waals surface area contributed by atoms with Crippen molar-refractivity contribution >= 4 is 0 Å². The minimum atomic E-state index is -0.202. The molecule has 0 unspecified atom stereocenters. The predicted molar refractivity (Wildman–Crippen MR) is 40.2 cm³/mol. The van der Waals surface area contributed by atoms with Gasteiger partial charge in [0.05, 0.1) is 6.10 Å². The zero-order chi connectivity index (χ0) is 7.56. The summed E-state index contributed by atoms with van der Waals surface area (Å²) >= 11 is 0. The number of hydrogen-bond donors (Lipinski definition) is 2. The lowest BCUT2D eigenvalue weighted by atomic mass is 9.94. The van der Waals surface area contributed by atoms with Gasteiger partial charge in [0.1, 0.15) is 0 Å². The Morgan fingerprint density at radius 1 is 1.70 bits per heavy atom. The van der Waals surface area contributed by atoms with E-state index in [2.05, 4.69) is 0 Å². The average molecular weight is 144 g/mol. The molecule has 0 bridgehead atoms. The summed E-state index contributed by atoms with van der Waals surface area (Å²) in [5.74, 6) is 5.97. The summed E-state index contributed by atoms with van der Waals surface area (Å²) in [6.07, 6.45) is 2.03. The zero-order valence-electron chi connectivity index (χ0n) is 6.45. The zero-order valence-corrected chi connectivity index (χ0v) is 6.45. The molecule has 0 aromatic carbocycles. The third kappa shape index (κ3) is 1.94. The fraction of sp³-hybridized carbons (Fsp3) is 1.00. The van der Waals surface area contributed by atoms with Crippen molar-refractivity contribution in [2.75, 3.05) is 13.1 Å². The van der Waals surface area contributed by atoms with Gasteiger partial charge in [0.15, 0.2) is 0 Å². The van der Waals surface area contributed by atoms with Crippen molar-refractivity contribution in [2.45, 2.75) is 25.9 Å². The molecule has 2 atom stereocenters. The molecule has 1 fully saturated rings. The SMILES string of the molecule is C[C@@H](O)[C@H]1CCCN(N)C1. The third-order valence-electron chi connectivity index (χ3n) is 2.17. The molecule has 1 aliphatic heterocycles. The number of aliphatic hydroxyl groups is 1. The van der Waals surface area contributed by atoms with Crippen LogP contribution in [0.2, 0.25) is 0 Å². The van der Waals surface area contributed by atoms with E-state index < -0.39 is 0 Å². The van der Waals surface area contributed by atoms with E-state index in [9.17, 15) is 5.11 Å². The van der Waals surface area contributed by atoms with Gasteiger partial charge in [-0.05, 0) is 25.7 Å². The fourth-order valence-corrected chi connectivity index (χ4v) is 1.43. The summed E-state index contributed by atoms with van der Waals surface area (Å²) in [6.45, 7) is 3.66. The average Bonchev–Trinajstić information content (AvgIpc) is 1.88.